The molecule has 2 aromatic rings. The van der Waals surface area contributed by atoms with Crippen LogP contribution < -0.4 is 5.32 Å². The normalized spacial score (nSPS) is 9.71. The van der Waals surface area contributed by atoms with E-state index in [4.69, 9.17) is 5.26 Å². The minimum absolute atomic E-state index is 0.160. The predicted octanol–water partition coefficient (Wildman–Crippen LogP) is 3.10. The minimum atomic E-state index is -0.785. The lowest BCUT2D eigenvalue weighted by molar-refractivity contribution is 0.0685. The molecule has 21 heavy (non-hydrogen) atoms. The predicted molar refractivity (Wildman–Crippen MR) is 77.1 cm³/mol. The second-order valence-corrected chi connectivity index (χ2v) is 4.96. The van der Waals surface area contributed by atoms with Crippen LogP contribution in [0, 0.1) is 23.3 Å². The molecule has 8 heteroatoms. The van der Waals surface area contributed by atoms with Gasteiger partial charge in [-0.05, 0) is 30.3 Å². The van der Waals surface area contributed by atoms with Crippen molar-refractivity contribution in [2.45, 2.75) is 13.5 Å². The van der Waals surface area contributed by atoms with E-state index in [1.165, 1.54) is 35.8 Å². The summed E-state index contributed by atoms with van der Waals surface area (Å²) in [6, 6.07) is 4.19. The standard InChI is InChI=1S/C13H10N4O3S/c1-8-12(21-7-16-8)5-15-11-4-9(13(18)20-6-14)2-3-10(11)17-19/h2-4,7,15H,5H2,1H3. The van der Waals surface area contributed by atoms with Crippen LogP contribution >= 0.6 is 11.3 Å². The summed E-state index contributed by atoms with van der Waals surface area (Å²) in [5.41, 5.74) is 3.35. The molecule has 1 heterocycles. The average molecular weight is 302 g/mol. The van der Waals surface area contributed by atoms with Crippen molar-refractivity contribution in [1.29, 1.82) is 5.26 Å². The number of esters is 1. The lowest BCUT2D eigenvalue weighted by Crippen LogP contribution is -2.04. The number of nitroso groups, excluding NO2 is 1. The van der Waals surface area contributed by atoms with Gasteiger partial charge in [-0.3, -0.25) is 0 Å². The van der Waals surface area contributed by atoms with Crippen LogP contribution in [-0.4, -0.2) is 11.0 Å². The van der Waals surface area contributed by atoms with Crippen molar-refractivity contribution < 1.29 is 9.53 Å². The number of hydrogen-bond acceptors (Lipinski definition) is 8. The van der Waals surface area contributed by atoms with E-state index < -0.39 is 5.97 Å². The summed E-state index contributed by atoms with van der Waals surface area (Å²) < 4.78 is 4.25. The second-order valence-electron chi connectivity index (χ2n) is 4.02. The summed E-state index contributed by atoms with van der Waals surface area (Å²) in [6.45, 7) is 2.34. The maximum atomic E-state index is 11.5. The third kappa shape index (κ3) is 3.40. The van der Waals surface area contributed by atoms with Gasteiger partial charge in [0.1, 0.15) is 5.69 Å². The van der Waals surface area contributed by atoms with Gasteiger partial charge < -0.3 is 10.1 Å². The number of aryl methyl sites for hydroxylation is 1. The lowest BCUT2D eigenvalue weighted by atomic mass is 10.1. The number of rotatable bonds is 5. The molecule has 0 atom stereocenters. The highest BCUT2D eigenvalue weighted by molar-refractivity contribution is 7.09. The number of nitrogens with one attached hydrogen (secondary N) is 1. The van der Waals surface area contributed by atoms with Gasteiger partial charge in [-0.1, -0.05) is 0 Å². The Kier molecular flexibility index (Phi) is 4.58. The van der Waals surface area contributed by atoms with E-state index in [0.29, 0.717) is 12.2 Å². The van der Waals surface area contributed by atoms with Crippen LogP contribution in [-0.2, 0) is 11.3 Å². The molecule has 0 radical (unpaired) electrons. The van der Waals surface area contributed by atoms with E-state index in [9.17, 15) is 9.70 Å². The van der Waals surface area contributed by atoms with Gasteiger partial charge in [-0.15, -0.1) is 21.5 Å². The lowest BCUT2D eigenvalue weighted by Gasteiger charge is -2.08. The minimum Gasteiger partial charge on any atom is -0.378 e. The number of nitriles is 1. The Morgan fingerprint density at radius 2 is 2.38 bits per heavy atom. The van der Waals surface area contributed by atoms with E-state index in [0.717, 1.165) is 10.6 Å². The number of ether oxygens (including phenoxy) is 1. The van der Waals surface area contributed by atoms with Crippen LogP contribution in [0.4, 0.5) is 11.4 Å². The van der Waals surface area contributed by atoms with Crippen molar-refractivity contribution in [3.63, 3.8) is 0 Å². The molecule has 0 fully saturated rings. The topological polar surface area (TPSA) is 104 Å². The number of aromatic nitrogens is 1. The Labute approximate surface area is 124 Å². The molecule has 0 bridgehead atoms. The fraction of sp³-hybridized carbons (Fsp3) is 0.154. The first-order chi connectivity index (χ1) is 10.2. The number of hydrogen-bond donors (Lipinski definition) is 1. The van der Waals surface area contributed by atoms with E-state index >= 15 is 0 Å². The Morgan fingerprint density at radius 3 is 3.00 bits per heavy atom. The smallest absolute Gasteiger partial charge is 0.353 e. The highest BCUT2D eigenvalue weighted by atomic mass is 32.1. The van der Waals surface area contributed by atoms with Gasteiger partial charge in [0.15, 0.2) is 0 Å². The van der Waals surface area contributed by atoms with Gasteiger partial charge in [0, 0.05) is 4.88 Å². The Morgan fingerprint density at radius 1 is 1.57 bits per heavy atom. The van der Waals surface area contributed by atoms with Crippen LogP contribution in [0.3, 0.4) is 0 Å². The molecule has 0 spiro atoms. The average Bonchev–Trinajstić information content (AvgIpc) is 2.90. The molecule has 0 unspecified atom stereocenters. The summed E-state index contributed by atoms with van der Waals surface area (Å²) in [5.74, 6) is -0.785. The third-order valence-corrected chi connectivity index (χ3v) is 3.69. The molecule has 0 saturated heterocycles. The molecule has 1 aromatic heterocycles. The van der Waals surface area contributed by atoms with Crippen molar-refractivity contribution in [3.8, 4) is 6.26 Å². The van der Waals surface area contributed by atoms with Gasteiger partial charge in [-0.25, -0.2) is 9.78 Å². The fourth-order valence-corrected chi connectivity index (χ4v) is 2.37. The summed E-state index contributed by atoms with van der Waals surface area (Å²) in [6.07, 6.45) is 1.31. The molecule has 0 saturated carbocycles. The summed E-state index contributed by atoms with van der Waals surface area (Å²) in [4.78, 5) is 27.4. The number of carbonyl (C=O) groups excluding carboxylic acids is 1. The van der Waals surface area contributed by atoms with Crippen LogP contribution in [0.25, 0.3) is 0 Å². The fourth-order valence-electron chi connectivity index (χ4n) is 1.66. The van der Waals surface area contributed by atoms with E-state index in [1.54, 1.807) is 5.51 Å². The number of anilines is 1. The van der Waals surface area contributed by atoms with Crippen molar-refractivity contribution in [3.05, 3.63) is 44.8 Å². The number of carbonyl (C=O) groups is 1. The van der Waals surface area contributed by atoms with Gasteiger partial charge in [0.25, 0.3) is 6.26 Å². The molecule has 0 aliphatic heterocycles. The molecular formula is C13H10N4O3S. The zero-order chi connectivity index (χ0) is 15.2. The second kappa shape index (κ2) is 6.58. The Bertz CT molecular complexity index is 720. The van der Waals surface area contributed by atoms with Crippen molar-refractivity contribution >= 4 is 28.7 Å². The molecule has 0 aliphatic carbocycles. The molecule has 7 nitrogen and oxygen atoms in total. The molecule has 0 aliphatic rings. The molecule has 1 N–H and O–H groups in total. The molecule has 2 rings (SSSR count). The van der Waals surface area contributed by atoms with Gasteiger partial charge in [0.05, 0.1) is 29.0 Å². The summed E-state index contributed by atoms with van der Waals surface area (Å²) >= 11 is 1.48. The van der Waals surface area contributed by atoms with Crippen molar-refractivity contribution in [2.75, 3.05) is 5.32 Å². The Hall–Kier alpha value is -2.79. The van der Waals surface area contributed by atoms with E-state index in [2.05, 4.69) is 20.2 Å². The first kappa shape index (κ1) is 14.6. The van der Waals surface area contributed by atoms with Crippen LogP contribution in [0.2, 0.25) is 0 Å². The number of benzene rings is 1. The summed E-state index contributed by atoms with van der Waals surface area (Å²) in [7, 11) is 0. The van der Waals surface area contributed by atoms with E-state index in [1.807, 2.05) is 6.92 Å². The summed E-state index contributed by atoms with van der Waals surface area (Å²) in [5, 5.41) is 14.3. The maximum absolute atomic E-state index is 11.5. The van der Waals surface area contributed by atoms with Crippen LogP contribution in [0.15, 0.2) is 28.9 Å². The SMILES string of the molecule is Cc1ncsc1CNc1cc(C(=O)OC#N)ccc1N=O. The zero-order valence-electron chi connectivity index (χ0n) is 11.0. The van der Waals surface area contributed by atoms with E-state index in [-0.39, 0.29) is 11.3 Å². The molecule has 106 valence electrons. The molecule has 0 amide bonds. The Balaban J connectivity index is 2.22. The van der Waals surface area contributed by atoms with Gasteiger partial charge >= 0.3 is 5.97 Å². The first-order valence-corrected chi connectivity index (χ1v) is 6.74. The van der Waals surface area contributed by atoms with Gasteiger partial charge in [-0.2, -0.15) is 0 Å². The van der Waals surface area contributed by atoms with Crippen LogP contribution in [0.1, 0.15) is 20.9 Å². The van der Waals surface area contributed by atoms with Crippen LogP contribution in [0.5, 0.6) is 0 Å². The van der Waals surface area contributed by atoms with Gasteiger partial charge in [0.2, 0.25) is 0 Å². The highest BCUT2D eigenvalue weighted by Crippen LogP contribution is 2.27. The van der Waals surface area contributed by atoms with Crippen molar-refractivity contribution in [2.24, 2.45) is 5.18 Å². The molecule has 1 aromatic carbocycles. The zero-order valence-corrected chi connectivity index (χ0v) is 11.8. The highest BCUT2D eigenvalue weighted by Gasteiger charge is 2.12. The maximum Gasteiger partial charge on any atom is 0.353 e. The first-order valence-electron chi connectivity index (χ1n) is 5.86. The number of thiazole rings is 1. The quantitative estimate of drug-likeness (QED) is 0.517. The largest absolute Gasteiger partial charge is 0.378 e. The monoisotopic (exact) mass is 302 g/mol. The number of nitrogens with zero attached hydrogens (tertiary/aromatic N) is 3. The molecular weight excluding hydrogens is 292 g/mol. The van der Waals surface area contributed by atoms with Crippen molar-refractivity contribution in [1.82, 2.24) is 4.98 Å². The third-order valence-electron chi connectivity index (χ3n) is 2.75.